The predicted molar refractivity (Wildman–Crippen MR) is 104 cm³/mol. The lowest BCUT2D eigenvalue weighted by molar-refractivity contribution is -0.135. The van der Waals surface area contributed by atoms with Crippen LogP contribution in [0.3, 0.4) is 0 Å². The third-order valence-electron chi connectivity index (χ3n) is 3.82. The Morgan fingerprint density at radius 3 is 2.54 bits per heavy atom. The number of phenolic OH excluding ortho intramolecular Hbond substituents is 1. The molecule has 0 atom stereocenters. The molecule has 2 N–H and O–H groups in total. The van der Waals surface area contributed by atoms with Crippen molar-refractivity contribution in [1.29, 1.82) is 0 Å². The third-order valence-corrected chi connectivity index (χ3v) is 4.84. The zero-order valence-corrected chi connectivity index (χ0v) is 15.1. The van der Waals surface area contributed by atoms with Gasteiger partial charge < -0.3 is 14.9 Å². The van der Waals surface area contributed by atoms with Crippen LogP contribution in [0, 0.1) is 6.92 Å². The Bertz CT molecular complexity index is 946. The molecule has 2 aromatic carbocycles. The van der Waals surface area contributed by atoms with Crippen molar-refractivity contribution < 1.29 is 19.7 Å². The van der Waals surface area contributed by atoms with Crippen molar-refractivity contribution in [3.63, 3.8) is 0 Å². The first-order chi connectivity index (χ1) is 12.5. The molecule has 26 heavy (non-hydrogen) atoms. The molecule has 5 nitrogen and oxygen atoms in total. The number of esters is 1. The molecule has 0 bridgehead atoms. The fourth-order valence-electron chi connectivity index (χ4n) is 2.45. The summed E-state index contributed by atoms with van der Waals surface area (Å²) in [4.78, 5) is 17.0. The van der Waals surface area contributed by atoms with Crippen LogP contribution in [0.25, 0.3) is 6.08 Å². The average Bonchev–Trinajstić information content (AvgIpc) is 2.94. The van der Waals surface area contributed by atoms with Crippen LogP contribution in [0.1, 0.15) is 11.1 Å². The molecule has 0 unspecified atom stereocenters. The molecule has 0 radical (unpaired) electrons. The van der Waals surface area contributed by atoms with E-state index in [2.05, 4.69) is 4.99 Å². The molecule has 1 heterocycles. The van der Waals surface area contributed by atoms with Gasteiger partial charge >= 0.3 is 5.97 Å². The van der Waals surface area contributed by atoms with Gasteiger partial charge in [0.2, 0.25) is 0 Å². The highest BCUT2D eigenvalue weighted by molar-refractivity contribution is 8.18. The number of benzene rings is 2. The Labute approximate surface area is 155 Å². The van der Waals surface area contributed by atoms with Crippen molar-refractivity contribution in [2.24, 2.45) is 4.99 Å². The number of phenols is 1. The molecule has 0 amide bonds. The fourth-order valence-corrected chi connectivity index (χ4v) is 3.48. The van der Waals surface area contributed by atoms with Gasteiger partial charge in [0.25, 0.3) is 0 Å². The Balaban J connectivity index is 2.08. The summed E-state index contributed by atoms with van der Waals surface area (Å²) in [5.74, 6) is -0.750. The van der Waals surface area contributed by atoms with Crippen LogP contribution >= 0.6 is 11.8 Å². The van der Waals surface area contributed by atoms with Crippen LogP contribution in [-0.4, -0.2) is 28.3 Å². The fraction of sp³-hybridized carbons (Fsp3) is 0.100. The normalized spacial score (nSPS) is 17.2. The molecule has 3 rings (SSSR count). The predicted octanol–water partition coefficient (Wildman–Crippen LogP) is 4.50. The number of methoxy groups -OCH3 is 1. The van der Waals surface area contributed by atoms with E-state index >= 15 is 0 Å². The number of aromatic hydroxyl groups is 1. The number of aliphatic hydroxyl groups excluding tert-OH is 1. The van der Waals surface area contributed by atoms with Crippen LogP contribution < -0.4 is 0 Å². The van der Waals surface area contributed by atoms with E-state index in [0.29, 0.717) is 21.2 Å². The van der Waals surface area contributed by atoms with Gasteiger partial charge in [0, 0.05) is 5.56 Å². The summed E-state index contributed by atoms with van der Waals surface area (Å²) >= 11 is 1.15. The Kier molecular flexibility index (Phi) is 5.14. The molecular formula is C20H17NO4S. The van der Waals surface area contributed by atoms with E-state index in [-0.39, 0.29) is 17.1 Å². The van der Waals surface area contributed by atoms with Gasteiger partial charge in [-0.05, 0) is 30.7 Å². The molecule has 6 heteroatoms. The number of hydrogen-bond donors (Lipinski definition) is 2. The smallest absolute Gasteiger partial charge is 0.344 e. The van der Waals surface area contributed by atoms with Gasteiger partial charge in [-0.2, -0.15) is 0 Å². The summed E-state index contributed by atoms with van der Waals surface area (Å²) in [7, 11) is 1.25. The highest BCUT2D eigenvalue weighted by atomic mass is 32.2. The highest BCUT2D eigenvalue weighted by Crippen LogP contribution is 2.41. The maximum atomic E-state index is 12.1. The zero-order chi connectivity index (χ0) is 18.7. The van der Waals surface area contributed by atoms with Crippen LogP contribution in [-0.2, 0) is 9.53 Å². The minimum atomic E-state index is -0.665. The minimum Gasteiger partial charge on any atom is -0.507 e. The second-order valence-corrected chi connectivity index (χ2v) is 6.62. The van der Waals surface area contributed by atoms with Crippen molar-refractivity contribution >= 4 is 34.5 Å². The quantitative estimate of drug-likeness (QED) is 0.781. The van der Waals surface area contributed by atoms with E-state index < -0.39 is 5.97 Å². The number of carbonyl (C=O) groups is 1. The lowest BCUT2D eigenvalue weighted by Gasteiger charge is -2.04. The van der Waals surface area contributed by atoms with Crippen molar-refractivity contribution in [3.8, 4) is 5.75 Å². The molecule has 0 spiro atoms. The second kappa shape index (κ2) is 7.49. The maximum Gasteiger partial charge on any atom is 0.344 e. The molecule has 1 aliphatic rings. The number of aliphatic imine (C=N–C) groups is 1. The van der Waals surface area contributed by atoms with E-state index in [1.807, 2.05) is 24.3 Å². The first-order valence-corrected chi connectivity index (χ1v) is 8.67. The molecule has 0 saturated heterocycles. The number of thioether (sulfide) groups is 1. The molecule has 0 fully saturated rings. The van der Waals surface area contributed by atoms with Gasteiger partial charge in [0.05, 0.1) is 17.7 Å². The van der Waals surface area contributed by atoms with Crippen molar-refractivity contribution in [3.05, 3.63) is 75.9 Å². The van der Waals surface area contributed by atoms with Gasteiger partial charge in [-0.3, -0.25) is 0 Å². The van der Waals surface area contributed by atoms with Gasteiger partial charge in [-0.25, -0.2) is 9.79 Å². The van der Waals surface area contributed by atoms with E-state index in [1.54, 1.807) is 37.3 Å². The first kappa shape index (κ1) is 17.8. The van der Waals surface area contributed by atoms with Crippen molar-refractivity contribution in [2.75, 3.05) is 7.11 Å². The molecular weight excluding hydrogens is 350 g/mol. The number of nitrogens with zero attached hydrogens (tertiary/aromatic N) is 1. The summed E-state index contributed by atoms with van der Waals surface area (Å²) in [5.41, 5.74) is 1.94. The van der Waals surface area contributed by atoms with E-state index in [0.717, 1.165) is 17.3 Å². The lowest BCUT2D eigenvalue weighted by Crippen LogP contribution is -2.10. The molecule has 2 aromatic rings. The number of ether oxygens (including phenoxy) is 1. The van der Waals surface area contributed by atoms with Crippen molar-refractivity contribution in [2.45, 2.75) is 6.92 Å². The number of para-hydroxylation sites is 2. The standard InChI is InChI=1S/C20H17NO4S/c1-12-7-6-8-13(17(12)22)11-15-18(23)16(20(24)25-2)19(26-15)21-14-9-4-3-5-10-14/h3-11,22-23H,1-2H3. The molecule has 0 aliphatic carbocycles. The maximum absolute atomic E-state index is 12.1. The summed E-state index contributed by atoms with van der Waals surface area (Å²) in [6, 6.07) is 14.5. The Hall–Kier alpha value is -2.99. The molecule has 132 valence electrons. The number of aliphatic hydroxyl groups is 1. The number of aryl methyl sites for hydroxylation is 1. The molecule has 0 aromatic heterocycles. The second-order valence-electron chi connectivity index (χ2n) is 5.59. The SMILES string of the molecule is COC(=O)C1=C(O)C(=Cc2cccc(C)c2O)SC1=Nc1ccccc1. The average molecular weight is 367 g/mol. The van der Waals surface area contributed by atoms with Crippen LogP contribution in [0.5, 0.6) is 5.75 Å². The Morgan fingerprint density at radius 1 is 1.12 bits per heavy atom. The summed E-state index contributed by atoms with van der Waals surface area (Å²) < 4.78 is 4.79. The number of rotatable bonds is 3. The lowest BCUT2D eigenvalue weighted by atomic mass is 10.1. The van der Waals surface area contributed by atoms with E-state index in [9.17, 15) is 15.0 Å². The molecule has 1 aliphatic heterocycles. The van der Waals surface area contributed by atoms with Gasteiger partial charge in [0.1, 0.15) is 22.1 Å². The minimum absolute atomic E-state index is 0.0137. The largest absolute Gasteiger partial charge is 0.507 e. The van der Waals surface area contributed by atoms with Gasteiger partial charge in [-0.1, -0.05) is 48.2 Å². The van der Waals surface area contributed by atoms with Crippen LogP contribution in [0.2, 0.25) is 0 Å². The Morgan fingerprint density at radius 2 is 1.85 bits per heavy atom. The third kappa shape index (κ3) is 3.50. The topological polar surface area (TPSA) is 79.1 Å². The van der Waals surface area contributed by atoms with Crippen LogP contribution in [0.15, 0.2) is 69.8 Å². The monoisotopic (exact) mass is 367 g/mol. The van der Waals surface area contributed by atoms with Gasteiger partial charge in [0.15, 0.2) is 0 Å². The summed E-state index contributed by atoms with van der Waals surface area (Å²) in [6.45, 7) is 1.79. The summed E-state index contributed by atoms with van der Waals surface area (Å²) in [5, 5.41) is 21.1. The highest BCUT2D eigenvalue weighted by Gasteiger charge is 2.33. The van der Waals surface area contributed by atoms with E-state index in [4.69, 9.17) is 4.74 Å². The number of carbonyl (C=O) groups excluding carboxylic acids is 1. The molecule has 0 saturated carbocycles. The zero-order valence-electron chi connectivity index (χ0n) is 14.3. The number of hydrogen-bond acceptors (Lipinski definition) is 6. The first-order valence-electron chi connectivity index (χ1n) is 7.85. The van der Waals surface area contributed by atoms with Gasteiger partial charge in [-0.15, -0.1) is 0 Å². The summed E-state index contributed by atoms with van der Waals surface area (Å²) in [6.07, 6.45) is 1.62. The van der Waals surface area contributed by atoms with Crippen LogP contribution in [0.4, 0.5) is 5.69 Å². The van der Waals surface area contributed by atoms with E-state index in [1.165, 1.54) is 7.11 Å². The van der Waals surface area contributed by atoms with Crippen molar-refractivity contribution in [1.82, 2.24) is 0 Å².